The first-order valence-corrected chi connectivity index (χ1v) is 7.01. The van der Waals surface area contributed by atoms with Gasteiger partial charge in [0.05, 0.1) is 12.2 Å². The van der Waals surface area contributed by atoms with E-state index in [2.05, 4.69) is 46.1 Å². The lowest BCUT2D eigenvalue weighted by molar-refractivity contribution is 0.642. The van der Waals surface area contributed by atoms with Crippen LogP contribution in [-0.2, 0) is 6.42 Å². The van der Waals surface area contributed by atoms with Crippen LogP contribution in [0.1, 0.15) is 36.9 Å². The Bertz CT molecular complexity index is 662. The van der Waals surface area contributed by atoms with Crippen LogP contribution in [0.25, 0.3) is 11.1 Å². The molecule has 3 nitrogen and oxygen atoms in total. The van der Waals surface area contributed by atoms with Crippen molar-refractivity contribution in [1.82, 2.24) is 9.78 Å². The maximum absolute atomic E-state index is 4.55. The van der Waals surface area contributed by atoms with Gasteiger partial charge in [-0.25, -0.2) is 0 Å². The lowest BCUT2D eigenvalue weighted by Crippen LogP contribution is -2.10. The van der Waals surface area contributed by atoms with Gasteiger partial charge in [0, 0.05) is 24.0 Å². The number of hydrogen-bond donors (Lipinski definition) is 0. The summed E-state index contributed by atoms with van der Waals surface area (Å²) >= 11 is 0. The molecule has 4 rings (SSSR count). The van der Waals surface area contributed by atoms with Crippen LogP contribution < -0.4 is 0 Å². The molecule has 0 atom stereocenters. The van der Waals surface area contributed by atoms with Crippen molar-refractivity contribution >= 4 is 5.71 Å². The van der Waals surface area contributed by atoms with E-state index in [1.54, 1.807) is 0 Å². The first-order valence-electron chi connectivity index (χ1n) is 7.01. The van der Waals surface area contributed by atoms with E-state index >= 15 is 0 Å². The van der Waals surface area contributed by atoms with Crippen LogP contribution in [0.15, 0.2) is 35.6 Å². The Morgan fingerprint density at radius 1 is 1.21 bits per heavy atom. The molecular weight excluding hydrogens is 234 g/mol. The molecule has 0 unspecified atom stereocenters. The smallest absolute Gasteiger partial charge is 0.0568 e. The van der Waals surface area contributed by atoms with Gasteiger partial charge >= 0.3 is 0 Å². The molecule has 2 heterocycles. The third kappa shape index (κ3) is 1.81. The second kappa shape index (κ2) is 4.05. The number of aliphatic imine (C=N–C) groups is 1. The second-order valence-electron chi connectivity index (χ2n) is 5.49. The van der Waals surface area contributed by atoms with Gasteiger partial charge < -0.3 is 0 Å². The highest BCUT2D eigenvalue weighted by Crippen LogP contribution is 2.36. The molecule has 1 aliphatic carbocycles. The van der Waals surface area contributed by atoms with E-state index in [0.29, 0.717) is 6.04 Å². The minimum absolute atomic E-state index is 0.650. The van der Waals surface area contributed by atoms with Gasteiger partial charge in [-0.05, 0) is 42.9 Å². The third-order valence-corrected chi connectivity index (χ3v) is 4.11. The summed E-state index contributed by atoms with van der Waals surface area (Å²) < 4.78 is 2.12. The maximum atomic E-state index is 4.55. The average molecular weight is 251 g/mol. The Morgan fingerprint density at radius 2 is 2.05 bits per heavy atom. The topological polar surface area (TPSA) is 30.2 Å². The summed E-state index contributed by atoms with van der Waals surface area (Å²) in [5.74, 6) is 0. The standard InChI is InChI=1S/C16H17N3/c1-11-14-3-2-4-15(16(14)7-8-17-11)12-9-18-19(10-12)13-5-6-13/h2-4,9-10,13H,5-8H2,1H3. The largest absolute Gasteiger partial charge is 0.289 e. The second-order valence-corrected chi connectivity index (χ2v) is 5.49. The van der Waals surface area contributed by atoms with Gasteiger partial charge in [-0.15, -0.1) is 0 Å². The van der Waals surface area contributed by atoms with Crippen LogP contribution >= 0.6 is 0 Å². The van der Waals surface area contributed by atoms with Crippen LogP contribution in [0.4, 0.5) is 0 Å². The van der Waals surface area contributed by atoms with E-state index in [4.69, 9.17) is 0 Å². The van der Waals surface area contributed by atoms with E-state index in [1.165, 1.54) is 35.1 Å². The lowest BCUT2D eigenvalue weighted by Gasteiger charge is -2.17. The quantitative estimate of drug-likeness (QED) is 0.805. The highest BCUT2D eigenvalue weighted by Gasteiger charge is 2.25. The molecule has 1 saturated carbocycles. The summed E-state index contributed by atoms with van der Waals surface area (Å²) in [6.45, 7) is 3.02. The molecule has 1 aliphatic heterocycles. The summed E-state index contributed by atoms with van der Waals surface area (Å²) in [6, 6.07) is 7.18. The molecule has 0 amide bonds. The number of benzene rings is 1. The number of nitrogens with zero attached hydrogens (tertiary/aromatic N) is 3. The molecule has 2 aliphatic rings. The number of fused-ring (bicyclic) bond motifs is 1. The summed E-state index contributed by atoms with van der Waals surface area (Å²) in [4.78, 5) is 4.55. The first-order chi connectivity index (χ1) is 9.33. The SMILES string of the molecule is CC1=NCCc2c1cccc2-c1cnn(C2CC2)c1. The van der Waals surface area contributed by atoms with E-state index in [0.717, 1.165) is 18.7 Å². The minimum Gasteiger partial charge on any atom is -0.289 e. The van der Waals surface area contributed by atoms with Gasteiger partial charge in [0.25, 0.3) is 0 Å². The van der Waals surface area contributed by atoms with Crippen molar-refractivity contribution in [1.29, 1.82) is 0 Å². The predicted molar refractivity (Wildman–Crippen MR) is 76.7 cm³/mol. The molecule has 0 radical (unpaired) electrons. The highest BCUT2D eigenvalue weighted by molar-refractivity contribution is 6.02. The van der Waals surface area contributed by atoms with Crippen LogP contribution in [-0.4, -0.2) is 22.0 Å². The van der Waals surface area contributed by atoms with Crippen molar-refractivity contribution in [3.63, 3.8) is 0 Å². The van der Waals surface area contributed by atoms with E-state index in [-0.39, 0.29) is 0 Å². The Balaban J connectivity index is 1.82. The van der Waals surface area contributed by atoms with E-state index in [9.17, 15) is 0 Å². The van der Waals surface area contributed by atoms with Gasteiger partial charge in [-0.3, -0.25) is 9.67 Å². The van der Waals surface area contributed by atoms with Gasteiger partial charge in [-0.2, -0.15) is 5.10 Å². The van der Waals surface area contributed by atoms with Crippen LogP contribution in [0.3, 0.4) is 0 Å². The van der Waals surface area contributed by atoms with Crippen LogP contribution in [0.2, 0.25) is 0 Å². The summed E-state index contributed by atoms with van der Waals surface area (Å²) in [6.07, 6.45) is 7.81. The molecule has 1 fully saturated rings. The number of hydrogen-bond acceptors (Lipinski definition) is 2. The van der Waals surface area contributed by atoms with Gasteiger partial charge in [0.2, 0.25) is 0 Å². The molecule has 0 bridgehead atoms. The zero-order chi connectivity index (χ0) is 12.8. The third-order valence-electron chi connectivity index (χ3n) is 4.11. The van der Waals surface area contributed by atoms with Crippen molar-refractivity contribution < 1.29 is 0 Å². The fraction of sp³-hybridized carbons (Fsp3) is 0.375. The lowest BCUT2D eigenvalue weighted by atomic mass is 9.91. The molecule has 3 heteroatoms. The maximum Gasteiger partial charge on any atom is 0.0568 e. The van der Waals surface area contributed by atoms with Crippen LogP contribution in [0.5, 0.6) is 0 Å². The van der Waals surface area contributed by atoms with E-state index < -0.39 is 0 Å². The van der Waals surface area contributed by atoms with Crippen molar-refractivity contribution in [2.75, 3.05) is 6.54 Å². The summed E-state index contributed by atoms with van der Waals surface area (Å²) in [7, 11) is 0. The normalized spacial score (nSPS) is 18.1. The Hall–Kier alpha value is -1.90. The van der Waals surface area contributed by atoms with Crippen molar-refractivity contribution in [3.05, 3.63) is 41.7 Å². The fourth-order valence-electron chi connectivity index (χ4n) is 2.90. The molecule has 2 aromatic rings. The molecule has 96 valence electrons. The van der Waals surface area contributed by atoms with Crippen LogP contribution in [0, 0.1) is 0 Å². The first kappa shape index (κ1) is 11.0. The summed E-state index contributed by atoms with van der Waals surface area (Å²) in [5.41, 5.74) is 6.49. The number of rotatable bonds is 2. The molecule has 0 N–H and O–H groups in total. The van der Waals surface area contributed by atoms with Crippen molar-refractivity contribution in [3.8, 4) is 11.1 Å². The predicted octanol–water partition coefficient (Wildman–Crippen LogP) is 3.25. The van der Waals surface area contributed by atoms with Gasteiger partial charge in [0.15, 0.2) is 0 Å². The fourth-order valence-corrected chi connectivity index (χ4v) is 2.90. The molecule has 0 saturated heterocycles. The van der Waals surface area contributed by atoms with Crippen molar-refractivity contribution in [2.24, 2.45) is 4.99 Å². The molecule has 19 heavy (non-hydrogen) atoms. The highest BCUT2D eigenvalue weighted by atomic mass is 15.3. The number of aromatic nitrogens is 2. The zero-order valence-corrected chi connectivity index (χ0v) is 11.1. The minimum atomic E-state index is 0.650. The van der Waals surface area contributed by atoms with Gasteiger partial charge in [-0.1, -0.05) is 18.2 Å². The molecule has 1 aromatic carbocycles. The molecule has 0 spiro atoms. The van der Waals surface area contributed by atoms with Gasteiger partial charge in [0.1, 0.15) is 0 Å². The Labute approximate surface area is 113 Å². The zero-order valence-electron chi connectivity index (χ0n) is 11.1. The molecule has 1 aromatic heterocycles. The Morgan fingerprint density at radius 3 is 2.89 bits per heavy atom. The average Bonchev–Trinajstić information content (AvgIpc) is 3.17. The molecular formula is C16H17N3. The summed E-state index contributed by atoms with van der Waals surface area (Å²) in [5, 5.41) is 4.51. The Kier molecular flexibility index (Phi) is 2.34. The van der Waals surface area contributed by atoms with E-state index in [1.807, 2.05) is 6.20 Å². The van der Waals surface area contributed by atoms with Crippen molar-refractivity contribution in [2.45, 2.75) is 32.2 Å². The monoisotopic (exact) mass is 251 g/mol.